The normalized spacial score (nSPS) is 10.7. The van der Waals surface area contributed by atoms with Crippen molar-refractivity contribution < 1.29 is 9.21 Å². The Kier molecular flexibility index (Phi) is 3.81. The van der Waals surface area contributed by atoms with Gasteiger partial charge >= 0.3 is 0 Å². The fourth-order valence-electron chi connectivity index (χ4n) is 2.17. The molecular weight excluding hydrogens is 296 g/mol. The molecule has 3 aromatic rings. The van der Waals surface area contributed by atoms with Gasteiger partial charge in [0, 0.05) is 10.4 Å². The van der Waals surface area contributed by atoms with Gasteiger partial charge in [0.25, 0.3) is 5.91 Å². The molecule has 0 aliphatic heterocycles. The van der Waals surface area contributed by atoms with Gasteiger partial charge in [-0.3, -0.25) is 10.1 Å². The standard InChI is InChI=1S/C17H16N2O2S/c1-10-6-7-13(9-11(10)2)15-12(3)22-17(18-15)19-16(20)14-5-4-8-21-14/h4-9H,1-3H3,(H,18,19,20). The highest BCUT2D eigenvalue weighted by Gasteiger charge is 2.14. The zero-order chi connectivity index (χ0) is 15.7. The molecule has 3 rings (SSSR count). The molecule has 2 aromatic heterocycles. The van der Waals surface area contributed by atoms with Gasteiger partial charge in [0.15, 0.2) is 10.9 Å². The molecule has 0 spiro atoms. The number of amides is 1. The molecule has 0 bridgehead atoms. The molecule has 0 aliphatic carbocycles. The van der Waals surface area contributed by atoms with E-state index in [1.165, 1.54) is 28.7 Å². The van der Waals surface area contributed by atoms with Crippen molar-refractivity contribution in [1.82, 2.24) is 4.98 Å². The van der Waals surface area contributed by atoms with Crippen LogP contribution in [0.1, 0.15) is 26.6 Å². The van der Waals surface area contributed by atoms with Crippen LogP contribution in [0.25, 0.3) is 11.3 Å². The molecule has 0 radical (unpaired) electrons. The lowest BCUT2D eigenvalue weighted by Gasteiger charge is -2.03. The number of nitrogens with one attached hydrogen (secondary N) is 1. The second-order valence-electron chi connectivity index (χ2n) is 5.15. The van der Waals surface area contributed by atoms with Crippen molar-refractivity contribution in [2.75, 3.05) is 5.32 Å². The van der Waals surface area contributed by atoms with Crippen molar-refractivity contribution in [2.45, 2.75) is 20.8 Å². The number of nitrogens with zero attached hydrogens (tertiary/aromatic N) is 1. The molecule has 4 nitrogen and oxygen atoms in total. The molecule has 0 saturated heterocycles. The molecule has 112 valence electrons. The van der Waals surface area contributed by atoms with Crippen LogP contribution in [-0.4, -0.2) is 10.9 Å². The molecule has 0 atom stereocenters. The third kappa shape index (κ3) is 2.80. The van der Waals surface area contributed by atoms with Crippen molar-refractivity contribution in [2.24, 2.45) is 0 Å². The van der Waals surface area contributed by atoms with Gasteiger partial charge in [0.2, 0.25) is 0 Å². The summed E-state index contributed by atoms with van der Waals surface area (Å²) in [6.45, 7) is 6.17. The first-order valence-electron chi connectivity index (χ1n) is 6.94. The van der Waals surface area contributed by atoms with Crippen molar-refractivity contribution in [3.63, 3.8) is 0 Å². The van der Waals surface area contributed by atoms with Crippen LogP contribution in [0.5, 0.6) is 0 Å². The molecule has 0 aliphatic rings. The molecule has 0 unspecified atom stereocenters. The lowest BCUT2D eigenvalue weighted by molar-refractivity contribution is 0.0996. The fourth-order valence-corrected chi connectivity index (χ4v) is 3.00. The molecule has 2 heterocycles. The van der Waals surface area contributed by atoms with Crippen LogP contribution in [0.4, 0.5) is 5.13 Å². The van der Waals surface area contributed by atoms with E-state index in [0.29, 0.717) is 5.13 Å². The second kappa shape index (κ2) is 5.77. The van der Waals surface area contributed by atoms with E-state index in [2.05, 4.69) is 42.3 Å². The summed E-state index contributed by atoms with van der Waals surface area (Å²) in [5.74, 6) is -0.00836. The maximum Gasteiger partial charge on any atom is 0.293 e. The monoisotopic (exact) mass is 312 g/mol. The number of aromatic nitrogens is 1. The number of hydrogen-bond donors (Lipinski definition) is 1. The minimum atomic E-state index is -0.287. The van der Waals surface area contributed by atoms with Crippen LogP contribution < -0.4 is 5.32 Å². The predicted octanol–water partition coefficient (Wildman–Crippen LogP) is 4.58. The highest BCUT2D eigenvalue weighted by atomic mass is 32.1. The van der Waals surface area contributed by atoms with Crippen LogP contribution in [0.2, 0.25) is 0 Å². The number of rotatable bonds is 3. The number of furan rings is 1. The highest BCUT2D eigenvalue weighted by Crippen LogP contribution is 2.31. The van der Waals surface area contributed by atoms with Crippen molar-refractivity contribution >= 4 is 22.4 Å². The maximum atomic E-state index is 12.0. The molecule has 1 amide bonds. The second-order valence-corrected chi connectivity index (χ2v) is 6.36. The summed E-state index contributed by atoms with van der Waals surface area (Å²) in [4.78, 5) is 17.6. The number of carbonyl (C=O) groups is 1. The van der Waals surface area contributed by atoms with Crippen LogP contribution in [0.3, 0.4) is 0 Å². The topological polar surface area (TPSA) is 55.1 Å². The summed E-state index contributed by atoms with van der Waals surface area (Å²) in [5, 5.41) is 3.35. The molecule has 22 heavy (non-hydrogen) atoms. The average Bonchev–Trinajstić information content (AvgIpc) is 3.12. The SMILES string of the molecule is Cc1ccc(-c2nc(NC(=O)c3ccco3)sc2C)cc1C. The smallest absolute Gasteiger partial charge is 0.293 e. The largest absolute Gasteiger partial charge is 0.459 e. The van der Waals surface area contributed by atoms with Crippen molar-refractivity contribution in [3.05, 3.63) is 58.4 Å². The number of thiazole rings is 1. The van der Waals surface area contributed by atoms with Crippen LogP contribution in [-0.2, 0) is 0 Å². The third-order valence-corrected chi connectivity index (χ3v) is 4.43. The molecular formula is C17H16N2O2S. The first-order chi connectivity index (χ1) is 10.5. The summed E-state index contributed by atoms with van der Waals surface area (Å²) >= 11 is 1.46. The number of hydrogen-bond acceptors (Lipinski definition) is 4. The van der Waals surface area contributed by atoms with Crippen LogP contribution >= 0.6 is 11.3 Å². The first kappa shape index (κ1) is 14.5. The quantitative estimate of drug-likeness (QED) is 0.770. The number of carbonyl (C=O) groups excluding carboxylic acids is 1. The van der Waals surface area contributed by atoms with Gasteiger partial charge in [0.05, 0.1) is 12.0 Å². The Morgan fingerprint density at radius 2 is 2.00 bits per heavy atom. The number of aryl methyl sites for hydroxylation is 3. The van der Waals surface area contributed by atoms with Crippen molar-refractivity contribution in [3.8, 4) is 11.3 Å². The summed E-state index contributed by atoms with van der Waals surface area (Å²) in [6, 6.07) is 9.57. The molecule has 1 N–H and O–H groups in total. The molecule has 5 heteroatoms. The molecule has 0 fully saturated rings. The summed E-state index contributed by atoms with van der Waals surface area (Å²) in [6.07, 6.45) is 1.47. The van der Waals surface area contributed by atoms with Gasteiger partial charge in [-0.05, 0) is 50.1 Å². The van der Waals surface area contributed by atoms with E-state index in [1.807, 2.05) is 6.92 Å². The minimum Gasteiger partial charge on any atom is -0.459 e. The van der Waals surface area contributed by atoms with E-state index in [4.69, 9.17) is 4.42 Å². The van der Waals surface area contributed by atoms with E-state index < -0.39 is 0 Å². The Morgan fingerprint density at radius 1 is 1.18 bits per heavy atom. The van der Waals surface area contributed by atoms with Crippen LogP contribution in [0, 0.1) is 20.8 Å². The minimum absolute atomic E-state index is 0.278. The van der Waals surface area contributed by atoms with Gasteiger partial charge in [-0.25, -0.2) is 4.98 Å². The maximum absolute atomic E-state index is 12.0. The zero-order valence-corrected chi connectivity index (χ0v) is 13.5. The summed E-state index contributed by atoms with van der Waals surface area (Å²) < 4.78 is 5.08. The first-order valence-corrected chi connectivity index (χ1v) is 7.76. The Morgan fingerprint density at radius 3 is 2.68 bits per heavy atom. The Balaban J connectivity index is 1.87. The van der Waals surface area contributed by atoms with Gasteiger partial charge in [-0.15, -0.1) is 11.3 Å². The van der Waals surface area contributed by atoms with E-state index in [0.717, 1.165) is 16.1 Å². The van der Waals surface area contributed by atoms with E-state index >= 15 is 0 Å². The summed E-state index contributed by atoms with van der Waals surface area (Å²) in [5.41, 5.74) is 4.45. The molecule has 0 saturated carbocycles. The Labute approximate surface area is 132 Å². The Hall–Kier alpha value is -2.40. The number of benzene rings is 1. The van der Waals surface area contributed by atoms with Gasteiger partial charge in [-0.2, -0.15) is 0 Å². The fraction of sp³-hybridized carbons (Fsp3) is 0.176. The van der Waals surface area contributed by atoms with E-state index in [-0.39, 0.29) is 11.7 Å². The Bertz CT molecular complexity index is 819. The van der Waals surface area contributed by atoms with Crippen LogP contribution in [0.15, 0.2) is 41.0 Å². The van der Waals surface area contributed by atoms with Gasteiger partial charge in [0.1, 0.15) is 0 Å². The van der Waals surface area contributed by atoms with Crippen molar-refractivity contribution in [1.29, 1.82) is 0 Å². The lowest BCUT2D eigenvalue weighted by Crippen LogP contribution is -2.10. The lowest BCUT2D eigenvalue weighted by atomic mass is 10.0. The molecule has 1 aromatic carbocycles. The third-order valence-electron chi connectivity index (χ3n) is 3.54. The zero-order valence-electron chi connectivity index (χ0n) is 12.6. The predicted molar refractivity (Wildman–Crippen MR) is 88.4 cm³/mol. The highest BCUT2D eigenvalue weighted by molar-refractivity contribution is 7.16. The van der Waals surface area contributed by atoms with Gasteiger partial charge < -0.3 is 4.42 Å². The van der Waals surface area contributed by atoms with Gasteiger partial charge in [-0.1, -0.05) is 12.1 Å². The number of anilines is 1. The van der Waals surface area contributed by atoms with E-state index in [9.17, 15) is 4.79 Å². The average molecular weight is 312 g/mol. The van der Waals surface area contributed by atoms with E-state index in [1.54, 1.807) is 12.1 Å². The summed E-state index contributed by atoms with van der Waals surface area (Å²) in [7, 11) is 0.